The zero-order chi connectivity index (χ0) is 13.4. The third kappa shape index (κ3) is 2.16. The van der Waals surface area contributed by atoms with Gasteiger partial charge in [-0.05, 0) is 37.3 Å². The fourth-order valence-corrected chi connectivity index (χ4v) is 2.69. The van der Waals surface area contributed by atoms with E-state index >= 15 is 0 Å². The first-order valence-corrected chi connectivity index (χ1v) is 6.50. The topological polar surface area (TPSA) is 79.4 Å². The minimum Gasteiger partial charge on any atom is -0.507 e. The Morgan fingerprint density at radius 1 is 1.21 bits per heavy atom. The van der Waals surface area contributed by atoms with Gasteiger partial charge < -0.3 is 14.7 Å². The largest absolute Gasteiger partial charge is 0.507 e. The quantitative estimate of drug-likeness (QED) is 0.867. The molecule has 0 radical (unpaired) electrons. The van der Waals surface area contributed by atoms with Crippen molar-refractivity contribution in [2.45, 2.75) is 32.1 Å². The van der Waals surface area contributed by atoms with Gasteiger partial charge in [-0.3, -0.25) is 0 Å². The van der Waals surface area contributed by atoms with Gasteiger partial charge in [0.15, 0.2) is 5.82 Å². The summed E-state index contributed by atoms with van der Waals surface area (Å²) in [5.74, 6) is 1.73. The molecule has 1 aliphatic carbocycles. The van der Waals surface area contributed by atoms with Crippen molar-refractivity contribution < 1.29 is 14.7 Å². The lowest BCUT2D eigenvalue weighted by Gasteiger charge is -2.02. The summed E-state index contributed by atoms with van der Waals surface area (Å²) in [6.07, 6.45) is 3.30. The van der Waals surface area contributed by atoms with Crippen LogP contribution in [-0.4, -0.2) is 20.4 Å². The Hall–Kier alpha value is -2.04. The summed E-state index contributed by atoms with van der Waals surface area (Å²) in [5, 5.41) is 23.5. The van der Waals surface area contributed by atoms with Crippen LogP contribution in [0, 0.1) is 5.92 Å². The first-order chi connectivity index (χ1) is 9.15. The average molecular weight is 260 g/mol. The summed E-state index contributed by atoms with van der Waals surface area (Å²) >= 11 is 0. The number of hydrogen-bond acceptors (Lipinski definition) is 5. The fraction of sp³-hybridized carbons (Fsp3) is 0.429. The van der Waals surface area contributed by atoms with E-state index in [-0.39, 0.29) is 23.0 Å². The molecule has 1 saturated carbocycles. The van der Waals surface area contributed by atoms with E-state index in [0.717, 1.165) is 12.8 Å². The van der Waals surface area contributed by atoms with E-state index < -0.39 is 0 Å². The second-order valence-electron chi connectivity index (χ2n) is 5.24. The Balaban J connectivity index is 1.93. The molecular formula is C14H16N2O3. The number of rotatable bonds is 2. The monoisotopic (exact) mass is 260 g/mol. The highest BCUT2D eigenvalue weighted by Crippen LogP contribution is 2.39. The van der Waals surface area contributed by atoms with E-state index in [2.05, 4.69) is 17.1 Å². The number of hydrogen-bond donors (Lipinski definition) is 2. The van der Waals surface area contributed by atoms with E-state index in [0.29, 0.717) is 17.7 Å². The number of phenolic OH excluding ortho intramolecular Hbond substituents is 2. The van der Waals surface area contributed by atoms with Crippen molar-refractivity contribution in [2.24, 2.45) is 5.92 Å². The molecule has 0 aliphatic heterocycles. The molecule has 1 aromatic heterocycles. The van der Waals surface area contributed by atoms with Crippen LogP contribution < -0.4 is 0 Å². The highest BCUT2D eigenvalue weighted by Gasteiger charge is 2.28. The molecule has 1 aliphatic rings. The predicted molar refractivity (Wildman–Crippen MR) is 68.8 cm³/mol. The van der Waals surface area contributed by atoms with E-state index in [4.69, 9.17) is 4.52 Å². The maximum atomic E-state index is 9.77. The Morgan fingerprint density at radius 2 is 1.95 bits per heavy atom. The van der Waals surface area contributed by atoms with Crippen LogP contribution in [0.25, 0.3) is 11.5 Å². The highest BCUT2D eigenvalue weighted by atomic mass is 16.5. The highest BCUT2D eigenvalue weighted by molar-refractivity contribution is 5.69. The molecule has 2 N–H and O–H groups in total. The van der Waals surface area contributed by atoms with Gasteiger partial charge in [0.05, 0.1) is 0 Å². The first-order valence-electron chi connectivity index (χ1n) is 6.50. The lowest BCUT2D eigenvalue weighted by Crippen LogP contribution is -1.96. The van der Waals surface area contributed by atoms with Gasteiger partial charge in [-0.25, -0.2) is 0 Å². The molecule has 3 rings (SSSR count). The predicted octanol–water partition coefficient (Wildman–Crippen LogP) is 3.05. The van der Waals surface area contributed by atoms with Gasteiger partial charge >= 0.3 is 0 Å². The summed E-state index contributed by atoms with van der Waals surface area (Å²) in [6, 6.07) is 4.53. The van der Waals surface area contributed by atoms with Crippen molar-refractivity contribution >= 4 is 0 Å². The molecule has 19 heavy (non-hydrogen) atoms. The van der Waals surface area contributed by atoms with Crippen LogP contribution in [0.3, 0.4) is 0 Å². The molecule has 0 amide bonds. The standard InChI is InChI=1S/C14H16N2O3/c1-8-5-6-9(7-8)13-15-14(19-16-13)12-10(17)3-2-4-11(12)18/h2-4,8-9,17-18H,5-7H2,1H3. The maximum absolute atomic E-state index is 9.77. The smallest absolute Gasteiger partial charge is 0.265 e. The van der Waals surface area contributed by atoms with Gasteiger partial charge in [0.1, 0.15) is 17.1 Å². The van der Waals surface area contributed by atoms with Crippen molar-refractivity contribution in [3.63, 3.8) is 0 Å². The van der Waals surface area contributed by atoms with Gasteiger partial charge in [-0.15, -0.1) is 0 Å². The third-order valence-electron chi connectivity index (χ3n) is 3.74. The van der Waals surface area contributed by atoms with Gasteiger partial charge in [-0.2, -0.15) is 4.98 Å². The van der Waals surface area contributed by atoms with E-state index in [1.54, 1.807) is 6.07 Å². The van der Waals surface area contributed by atoms with Crippen LogP contribution in [0.5, 0.6) is 11.5 Å². The Bertz CT molecular complexity index is 574. The molecule has 0 bridgehead atoms. The van der Waals surface area contributed by atoms with Crippen LogP contribution in [-0.2, 0) is 0 Å². The van der Waals surface area contributed by atoms with Crippen LogP contribution in [0.4, 0.5) is 0 Å². The molecule has 5 nitrogen and oxygen atoms in total. The van der Waals surface area contributed by atoms with E-state index in [1.165, 1.54) is 18.6 Å². The van der Waals surface area contributed by atoms with Gasteiger partial charge in [0, 0.05) is 5.92 Å². The zero-order valence-electron chi connectivity index (χ0n) is 10.7. The Morgan fingerprint density at radius 3 is 2.58 bits per heavy atom. The number of aromatic nitrogens is 2. The third-order valence-corrected chi connectivity index (χ3v) is 3.74. The lowest BCUT2D eigenvalue weighted by molar-refractivity contribution is 0.404. The molecule has 2 atom stereocenters. The summed E-state index contributed by atoms with van der Waals surface area (Å²) < 4.78 is 5.18. The summed E-state index contributed by atoms with van der Waals surface area (Å²) in [6.45, 7) is 2.22. The van der Waals surface area contributed by atoms with Gasteiger partial charge in [-0.1, -0.05) is 18.1 Å². The van der Waals surface area contributed by atoms with Crippen LogP contribution in [0.15, 0.2) is 22.7 Å². The Kier molecular flexibility index (Phi) is 2.89. The zero-order valence-corrected chi connectivity index (χ0v) is 10.7. The fourth-order valence-electron chi connectivity index (χ4n) is 2.69. The number of aromatic hydroxyl groups is 2. The molecule has 0 spiro atoms. The molecule has 2 unspecified atom stereocenters. The summed E-state index contributed by atoms with van der Waals surface area (Å²) in [4.78, 5) is 4.32. The van der Waals surface area contributed by atoms with Gasteiger partial charge in [0.25, 0.3) is 5.89 Å². The number of nitrogens with zero attached hydrogens (tertiary/aromatic N) is 2. The van der Waals surface area contributed by atoms with E-state index in [9.17, 15) is 10.2 Å². The van der Waals surface area contributed by atoms with Crippen molar-refractivity contribution in [3.05, 3.63) is 24.0 Å². The molecule has 1 aromatic carbocycles. The van der Waals surface area contributed by atoms with Crippen LogP contribution in [0.1, 0.15) is 37.9 Å². The van der Waals surface area contributed by atoms with Crippen molar-refractivity contribution in [2.75, 3.05) is 0 Å². The van der Waals surface area contributed by atoms with Crippen LogP contribution in [0.2, 0.25) is 0 Å². The van der Waals surface area contributed by atoms with Crippen molar-refractivity contribution in [1.82, 2.24) is 10.1 Å². The normalized spacial score (nSPS) is 22.8. The summed E-state index contributed by atoms with van der Waals surface area (Å²) in [5.41, 5.74) is 0.201. The number of phenols is 2. The Labute approximate surface area is 110 Å². The number of benzene rings is 1. The average Bonchev–Trinajstić information content (AvgIpc) is 2.98. The van der Waals surface area contributed by atoms with E-state index in [1.807, 2.05) is 0 Å². The molecule has 0 saturated heterocycles. The van der Waals surface area contributed by atoms with Crippen molar-refractivity contribution in [3.8, 4) is 23.0 Å². The van der Waals surface area contributed by atoms with Crippen molar-refractivity contribution in [1.29, 1.82) is 0 Å². The minimum absolute atomic E-state index is 0.0602. The molecule has 100 valence electrons. The molecule has 5 heteroatoms. The second-order valence-corrected chi connectivity index (χ2v) is 5.24. The maximum Gasteiger partial charge on any atom is 0.265 e. The SMILES string of the molecule is CC1CCC(c2noc(-c3c(O)cccc3O)n2)C1. The molecule has 2 aromatic rings. The molecular weight excluding hydrogens is 244 g/mol. The molecule has 1 fully saturated rings. The summed E-state index contributed by atoms with van der Waals surface area (Å²) in [7, 11) is 0. The lowest BCUT2D eigenvalue weighted by atomic mass is 10.1. The van der Waals surface area contributed by atoms with Gasteiger partial charge in [0.2, 0.25) is 0 Å². The van der Waals surface area contributed by atoms with Crippen LogP contribution >= 0.6 is 0 Å². The molecule has 1 heterocycles. The second kappa shape index (κ2) is 4.57. The first kappa shape index (κ1) is 12.0. The minimum atomic E-state index is -0.0602.